The first-order valence-corrected chi connectivity index (χ1v) is 4.13. The quantitative estimate of drug-likeness (QED) is 0.644. The molecule has 0 aliphatic rings. The minimum absolute atomic E-state index is 0.0727. The van der Waals surface area contributed by atoms with Gasteiger partial charge in [0.25, 0.3) is 0 Å². The summed E-state index contributed by atoms with van der Waals surface area (Å²) in [5, 5.41) is 18.9. The first-order chi connectivity index (χ1) is 6.58. The van der Waals surface area contributed by atoms with Crippen molar-refractivity contribution in [1.82, 2.24) is 4.98 Å². The first kappa shape index (κ1) is 8.62. The Morgan fingerprint density at radius 3 is 2.71 bits per heavy atom. The van der Waals surface area contributed by atoms with Crippen LogP contribution in [-0.2, 0) is 0 Å². The number of fused-ring (bicyclic) bond motifs is 1. The monoisotopic (exact) mass is 191 g/mol. The summed E-state index contributed by atoms with van der Waals surface area (Å²) in [5.74, 6) is -1.34. The van der Waals surface area contributed by atoms with E-state index in [1.54, 1.807) is 0 Å². The maximum Gasteiger partial charge on any atom is 0.339 e. The number of aromatic amines is 1. The predicted octanol–water partition coefficient (Wildman–Crippen LogP) is 1.88. The first-order valence-electron chi connectivity index (χ1n) is 4.13. The van der Waals surface area contributed by atoms with Crippen molar-refractivity contribution in [3.05, 3.63) is 29.5 Å². The molecule has 0 bridgehead atoms. The van der Waals surface area contributed by atoms with Crippen molar-refractivity contribution < 1.29 is 15.0 Å². The van der Waals surface area contributed by atoms with Crippen molar-refractivity contribution in [3.8, 4) is 5.75 Å². The van der Waals surface area contributed by atoms with Crippen LogP contribution in [0.3, 0.4) is 0 Å². The highest BCUT2D eigenvalue weighted by atomic mass is 16.4. The van der Waals surface area contributed by atoms with E-state index in [4.69, 9.17) is 5.11 Å². The summed E-state index contributed by atoms with van der Waals surface area (Å²) in [4.78, 5) is 13.7. The van der Waals surface area contributed by atoms with Crippen molar-refractivity contribution in [2.75, 3.05) is 0 Å². The molecule has 14 heavy (non-hydrogen) atoms. The van der Waals surface area contributed by atoms with Gasteiger partial charge in [-0.2, -0.15) is 0 Å². The molecular formula is C10H9NO3. The van der Waals surface area contributed by atoms with Crippen molar-refractivity contribution in [3.63, 3.8) is 0 Å². The van der Waals surface area contributed by atoms with Gasteiger partial charge in [0, 0.05) is 22.7 Å². The van der Waals surface area contributed by atoms with E-state index in [1.165, 1.54) is 12.1 Å². The zero-order chi connectivity index (χ0) is 10.3. The minimum atomic E-state index is -1.12. The molecular weight excluding hydrogens is 182 g/mol. The molecule has 1 aromatic heterocycles. The number of aromatic nitrogens is 1. The fourth-order valence-electron chi connectivity index (χ4n) is 1.49. The molecule has 72 valence electrons. The van der Waals surface area contributed by atoms with Gasteiger partial charge in [-0.3, -0.25) is 0 Å². The Hall–Kier alpha value is -1.97. The molecule has 3 N–H and O–H groups in total. The zero-order valence-corrected chi connectivity index (χ0v) is 7.53. The lowest BCUT2D eigenvalue weighted by molar-refractivity contribution is 0.0694. The van der Waals surface area contributed by atoms with Gasteiger partial charge < -0.3 is 15.2 Å². The van der Waals surface area contributed by atoms with E-state index < -0.39 is 5.97 Å². The Morgan fingerprint density at radius 1 is 1.36 bits per heavy atom. The molecule has 0 amide bonds. The number of H-pyrrole nitrogens is 1. The average molecular weight is 191 g/mol. The van der Waals surface area contributed by atoms with Crippen molar-refractivity contribution in [2.24, 2.45) is 0 Å². The smallest absolute Gasteiger partial charge is 0.339 e. The van der Waals surface area contributed by atoms with Crippen LogP contribution in [0, 0.1) is 6.92 Å². The van der Waals surface area contributed by atoms with Gasteiger partial charge in [-0.05, 0) is 19.1 Å². The lowest BCUT2D eigenvalue weighted by Gasteiger charge is -1.98. The van der Waals surface area contributed by atoms with Crippen molar-refractivity contribution in [2.45, 2.75) is 6.92 Å². The highest BCUT2D eigenvalue weighted by molar-refractivity contribution is 5.96. The van der Waals surface area contributed by atoms with E-state index in [2.05, 4.69) is 4.98 Å². The molecule has 0 saturated heterocycles. The van der Waals surface area contributed by atoms with Crippen LogP contribution in [0.1, 0.15) is 16.1 Å². The van der Waals surface area contributed by atoms with Gasteiger partial charge in [0.05, 0.1) is 0 Å². The van der Waals surface area contributed by atoms with Gasteiger partial charge in [-0.1, -0.05) is 0 Å². The van der Waals surface area contributed by atoms with E-state index in [1.807, 2.05) is 13.0 Å². The lowest BCUT2D eigenvalue weighted by atomic mass is 10.1. The molecule has 0 saturated carbocycles. The van der Waals surface area contributed by atoms with E-state index >= 15 is 0 Å². The van der Waals surface area contributed by atoms with E-state index in [0.29, 0.717) is 0 Å². The fourth-order valence-corrected chi connectivity index (χ4v) is 1.49. The Bertz CT molecular complexity index is 513. The van der Waals surface area contributed by atoms with Crippen LogP contribution in [0.15, 0.2) is 18.2 Å². The number of carbonyl (C=O) groups is 1. The van der Waals surface area contributed by atoms with Crippen LogP contribution in [0.25, 0.3) is 10.9 Å². The molecule has 4 heteroatoms. The number of hydrogen-bond donors (Lipinski definition) is 3. The van der Waals surface area contributed by atoms with Crippen LogP contribution in [0.4, 0.5) is 0 Å². The normalized spacial score (nSPS) is 10.6. The van der Waals surface area contributed by atoms with Gasteiger partial charge >= 0.3 is 5.97 Å². The second kappa shape index (κ2) is 2.77. The van der Waals surface area contributed by atoms with Crippen molar-refractivity contribution >= 4 is 16.9 Å². The lowest BCUT2D eigenvalue weighted by Crippen LogP contribution is -1.95. The highest BCUT2D eigenvalue weighted by Gasteiger charge is 2.11. The third kappa shape index (κ3) is 1.21. The molecule has 0 radical (unpaired) electrons. The summed E-state index contributed by atoms with van der Waals surface area (Å²) < 4.78 is 0. The number of carboxylic acid groups (broad SMARTS) is 1. The van der Waals surface area contributed by atoms with Crippen LogP contribution in [0.5, 0.6) is 5.75 Å². The second-order valence-corrected chi connectivity index (χ2v) is 3.21. The molecule has 0 unspecified atom stereocenters. The summed E-state index contributed by atoms with van der Waals surface area (Å²) in [6.45, 7) is 1.87. The fraction of sp³-hybridized carbons (Fsp3) is 0.100. The molecule has 0 aliphatic carbocycles. The summed E-state index contributed by atoms with van der Waals surface area (Å²) in [5.41, 5.74) is 1.60. The van der Waals surface area contributed by atoms with Crippen LogP contribution in [-0.4, -0.2) is 21.2 Å². The summed E-state index contributed by atoms with van der Waals surface area (Å²) in [6, 6.07) is 4.71. The highest BCUT2D eigenvalue weighted by Crippen LogP contribution is 2.25. The Morgan fingerprint density at radius 2 is 2.07 bits per heavy atom. The number of aromatic hydroxyl groups is 1. The number of carboxylic acids is 1. The molecule has 1 heterocycles. The average Bonchev–Trinajstić information content (AvgIpc) is 2.42. The summed E-state index contributed by atoms with van der Waals surface area (Å²) >= 11 is 0. The Kier molecular flexibility index (Phi) is 1.70. The largest absolute Gasteiger partial charge is 0.507 e. The molecule has 0 fully saturated rings. The molecule has 2 aromatic rings. The minimum Gasteiger partial charge on any atom is -0.507 e. The number of benzene rings is 1. The van der Waals surface area contributed by atoms with Crippen LogP contribution >= 0.6 is 0 Å². The van der Waals surface area contributed by atoms with E-state index in [9.17, 15) is 9.90 Å². The Balaban J connectivity index is 2.76. The van der Waals surface area contributed by atoms with Gasteiger partial charge in [0.2, 0.25) is 0 Å². The van der Waals surface area contributed by atoms with Crippen LogP contribution in [0.2, 0.25) is 0 Å². The Labute approximate surface area is 79.8 Å². The molecule has 4 nitrogen and oxygen atoms in total. The molecule has 0 spiro atoms. The number of phenols is 1. The van der Waals surface area contributed by atoms with Crippen molar-refractivity contribution in [1.29, 1.82) is 0 Å². The maximum atomic E-state index is 10.7. The van der Waals surface area contributed by atoms with Gasteiger partial charge in [0.15, 0.2) is 0 Å². The predicted molar refractivity (Wildman–Crippen MR) is 51.7 cm³/mol. The standard InChI is InChI=1S/C10H9NO3/c1-5-2-6-3-7(10(13)14)9(12)4-8(6)11-5/h2-4,11-12H,1H3,(H,13,14). The molecule has 0 aliphatic heterocycles. The number of aromatic carboxylic acids is 1. The zero-order valence-electron chi connectivity index (χ0n) is 7.53. The molecule has 0 atom stereocenters. The third-order valence-corrected chi connectivity index (χ3v) is 2.10. The molecule has 1 aromatic carbocycles. The maximum absolute atomic E-state index is 10.7. The van der Waals surface area contributed by atoms with Crippen LogP contribution < -0.4 is 0 Å². The van der Waals surface area contributed by atoms with Gasteiger partial charge in [0.1, 0.15) is 11.3 Å². The summed E-state index contributed by atoms with van der Waals surface area (Å²) in [6.07, 6.45) is 0. The SMILES string of the molecule is Cc1cc2cc(C(=O)O)c(O)cc2[nH]1. The van der Waals surface area contributed by atoms with Gasteiger partial charge in [-0.25, -0.2) is 4.79 Å². The van der Waals surface area contributed by atoms with Gasteiger partial charge in [-0.15, -0.1) is 0 Å². The second-order valence-electron chi connectivity index (χ2n) is 3.21. The number of aryl methyl sites for hydroxylation is 1. The topological polar surface area (TPSA) is 73.3 Å². The van der Waals surface area contributed by atoms with E-state index in [0.717, 1.165) is 16.6 Å². The van der Waals surface area contributed by atoms with E-state index in [-0.39, 0.29) is 11.3 Å². The number of nitrogens with one attached hydrogen (secondary N) is 1. The molecule has 2 rings (SSSR count). The summed E-state index contributed by atoms with van der Waals surface area (Å²) in [7, 11) is 0. The number of hydrogen-bond acceptors (Lipinski definition) is 2. The number of rotatable bonds is 1. The third-order valence-electron chi connectivity index (χ3n) is 2.10.